The van der Waals surface area contributed by atoms with Crippen LogP contribution < -0.4 is 0 Å². The van der Waals surface area contributed by atoms with Crippen molar-refractivity contribution in [2.75, 3.05) is 7.11 Å². The Hall–Kier alpha value is -2.24. The van der Waals surface area contributed by atoms with Crippen LogP contribution >= 0.6 is 0 Å². The number of aromatic carboxylic acids is 1. The van der Waals surface area contributed by atoms with Crippen molar-refractivity contribution in [3.05, 3.63) is 23.3 Å². The molecule has 0 aromatic heterocycles. The number of benzene rings is 1. The molecule has 1 rings (SSSR count). The van der Waals surface area contributed by atoms with E-state index < -0.39 is 29.0 Å². The Labute approximate surface area is 84.3 Å². The molecule has 0 atom stereocenters. The smallest absolute Gasteiger partial charge is 0.343 e. The number of hydrogen-bond donors (Lipinski definition) is 3. The number of phenols is 2. The quantitative estimate of drug-likeness (QED) is 0.619. The Kier molecular flexibility index (Phi) is 2.80. The van der Waals surface area contributed by atoms with Crippen LogP contribution in [0.15, 0.2) is 12.1 Å². The van der Waals surface area contributed by atoms with E-state index in [1.165, 1.54) is 0 Å². The molecule has 0 aliphatic rings. The largest absolute Gasteiger partial charge is 0.507 e. The summed E-state index contributed by atoms with van der Waals surface area (Å²) in [6.45, 7) is 0. The van der Waals surface area contributed by atoms with Gasteiger partial charge < -0.3 is 20.1 Å². The molecule has 0 bridgehead atoms. The molecule has 0 heterocycles. The monoisotopic (exact) mass is 212 g/mol. The van der Waals surface area contributed by atoms with E-state index in [9.17, 15) is 14.7 Å². The molecule has 3 N–H and O–H groups in total. The number of carbonyl (C=O) groups excluding carboxylic acids is 1. The molecule has 0 saturated heterocycles. The second kappa shape index (κ2) is 3.87. The lowest BCUT2D eigenvalue weighted by molar-refractivity contribution is 0.0597. The summed E-state index contributed by atoms with van der Waals surface area (Å²) < 4.78 is 4.32. The summed E-state index contributed by atoms with van der Waals surface area (Å²) in [7, 11) is 1.09. The van der Waals surface area contributed by atoms with Crippen LogP contribution in [0.3, 0.4) is 0 Å². The van der Waals surface area contributed by atoms with Crippen molar-refractivity contribution in [2.45, 2.75) is 0 Å². The van der Waals surface area contributed by atoms with E-state index in [0.717, 1.165) is 19.2 Å². The Morgan fingerprint density at radius 2 is 1.87 bits per heavy atom. The summed E-state index contributed by atoms with van der Waals surface area (Å²) in [4.78, 5) is 21.7. The van der Waals surface area contributed by atoms with Gasteiger partial charge in [0, 0.05) is 0 Å². The van der Waals surface area contributed by atoms with Gasteiger partial charge in [0.1, 0.15) is 22.6 Å². The molecule has 0 saturated carbocycles. The van der Waals surface area contributed by atoms with Crippen LogP contribution in [0.2, 0.25) is 0 Å². The lowest BCUT2D eigenvalue weighted by Gasteiger charge is -2.06. The number of carbonyl (C=O) groups is 2. The lowest BCUT2D eigenvalue weighted by Crippen LogP contribution is -2.05. The van der Waals surface area contributed by atoms with Crippen LogP contribution in [0.1, 0.15) is 20.7 Å². The zero-order valence-electron chi connectivity index (χ0n) is 7.72. The van der Waals surface area contributed by atoms with Gasteiger partial charge in [0.25, 0.3) is 0 Å². The van der Waals surface area contributed by atoms with Crippen molar-refractivity contribution in [3.8, 4) is 11.5 Å². The number of hydrogen-bond acceptors (Lipinski definition) is 5. The second-order valence-electron chi connectivity index (χ2n) is 2.65. The van der Waals surface area contributed by atoms with Crippen molar-refractivity contribution in [3.63, 3.8) is 0 Å². The topological polar surface area (TPSA) is 104 Å². The van der Waals surface area contributed by atoms with E-state index >= 15 is 0 Å². The van der Waals surface area contributed by atoms with Crippen molar-refractivity contribution < 1.29 is 29.6 Å². The normalized spacial score (nSPS) is 9.67. The van der Waals surface area contributed by atoms with Crippen LogP contribution in [0.25, 0.3) is 0 Å². The number of esters is 1. The minimum Gasteiger partial charge on any atom is -0.507 e. The predicted octanol–water partition coefficient (Wildman–Crippen LogP) is 0.583. The van der Waals surface area contributed by atoms with E-state index in [1.807, 2.05) is 0 Å². The predicted molar refractivity (Wildman–Crippen MR) is 48.1 cm³/mol. The molecule has 1 aromatic rings. The van der Waals surface area contributed by atoms with Gasteiger partial charge in [0.05, 0.1) is 7.11 Å². The highest BCUT2D eigenvalue weighted by Crippen LogP contribution is 2.30. The van der Waals surface area contributed by atoms with Gasteiger partial charge in [-0.15, -0.1) is 0 Å². The van der Waals surface area contributed by atoms with Gasteiger partial charge in [0.15, 0.2) is 0 Å². The summed E-state index contributed by atoms with van der Waals surface area (Å²) in [6, 6.07) is 2.07. The average molecular weight is 212 g/mol. The molecule has 80 valence electrons. The van der Waals surface area contributed by atoms with Crippen LogP contribution in [0.4, 0.5) is 0 Å². The fourth-order valence-electron chi connectivity index (χ4n) is 1.07. The van der Waals surface area contributed by atoms with Gasteiger partial charge in [-0.3, -0.25) is 0 Å². The number of methoxy groups -OCH3 is 1. The molecule has 6 nitrogen and oxygen atoms in total. The summed E-state index contributed by atoms with van der Waals surface area (Å²) in [5, 5.41) is 27.2. The molecule has 1 aromatic carbocycles. The molecule has 0 aliphatic heterocycles. The number of carboxylic acid groups (broad SMARTS) is 1. The lowest BCUT2D eigenvalue weighted by atomic mass is 10.1. The molecule has 0 fully saturated rings. The van der Waals surface area contributed by atoms with E-state index in [1.54, 1.807) is 0 Å². The first kappa shape index (κ1) is 10.8. The van der Waals surface area contributed by atoms with Crippen molar-refractivity contribution in [1.29, 1.82) is 0 Å². The summed E-state index contributed by atoms with van der Waals surface area (Å²) in [5.74, 6) is -3.84. The van der Waals surface area contributed by atoms with Gasteiger partial charge in [-0.25, -0.2) is 9.59 Å². The molecular weight excluding hydrogens is 204 g/mol. The maximum atomic E-state index is 11.1. The third kappa shape index (κ3) is 1.83. The molecule has 0 unspecified atom stereocenters. The van der Waals surface area contributed by atoms with E-state index in [4.69, 9.17) is 10.2 Å². The molecule has 0 aliphatic carbocycles. The highest BCUT2D eigenvalue weighted by Gasteiger charge is 2.22. The zero-order valence-corrected chi connectivity index (χ0v) is 7.72. The van der Waals surface area contributed by atoms with Crippen LogP contribution in [0, 0.1) is 0 Å². The van der Waals surface area contributed by atoms with Gasteiger partial charge >= 0.3 is 11.9 Å². The molecule has 15 heavy (non-hydrogen) atoms. The van der Waals surface area contributed by atoms with Crippen LogP contribution in [-0.2, 0) is 4.74 Å². The first-order chi connectivity index (χ1) is 6.99. The summed E-state index contributed by atoms with van der Waals surface area (Å²) >= 11 is 0. The Morgan fingerprint density at radius 3 is 2.33 bits per heavy atom. The number of aromatic hydroxyl groups is 2. The highest BCUT2D eigenvalue weighted by molar-refractivity contribution is 6.01. The zero-order chi connectivity index (χ0) is 11.6. The number of carboxylic acids is 1. The molecule has 0 amide bonds. The molecule has 0 radical (unpaired) electrons. The van der Waals surface area contributed by atoms with Crippen molar-refractivity contribution >= 4 is 11.9 Å². The minimum absolute atomic E-state index is 0.312. The summed E-state index contributed by atoms with van der Waals surface area (Å²) in [6.07, 6.45) is 0. The van der Waals surface area contributed by atoms with Gasteiger partial charge in [-0.05, 0) is 12.1 Å². The Balaban J connectivity index is 3.41. The number of ether oxygens (including phenoxy) is 1. The third-order valence-corrected chi connectivity index (χ3v) is 1.78. The first-order valence-electron chi connectivity index (χ1n) is 3.85. The van der Waals surface area contributed by atoms with E-state index in [0.29, 0.717) is 0 Å². The van der Waals surface area contributed by atoms with Gasteiger partial charge in [-0.1, -0.05) is 0 Å². The Bertz CT molecular complexity index is 423. The standard InChI is InChI=1S/C9H8O6/c1-15-9(14)4-2-3-5(10)6(7(4)11)8(12)13/h2-3,10-11H,1H3,(H,12,13). The first-order valence-corrected chi connectivity index (χ1v) is 3.85. The fourth-order valence-corrected chi connectivity index (χ4v) is 1.07. The molecule has 6 heteroatoms. The minimum atomic E-state index is -1.53. The molecule has 0 spiro atoms. The van der Waals surface area contributed by atoms with E-state index in [-0.39, 0.29) is 5.56 Å². The fraction of sp³-hybridized carbons (Fsp3) is 0.111. The van der Waals surface area contributed by atoms with Crippen LogP contribution in [-0.4, -0.2) is 34.4 Å². The van der Waals surface area contributed by atoms with Crippen molar-refractivity contribution in [1.82, 2.24) is 0 Å². The van der Waals surface area contributed by atoms with Crippen LogP contribution in [0.5, 0.6) is 11.5 Å². The highest BCUT2D eigenvalue weighted by atomic mass is 16.5. The van der Waals surface area contributed by atoms with Gasteiger partial charge in [0.2, 0.25) is 0 Å². The van der Waals surface area contributed by atoms with Crippen molar-refractivity contribution in [2.24, 2.45) is 0 Å². The Morgan fingerprint density at radius 1 is 1.27 bits per heavy atom. The van der Waals surface area contributed by atoms with Gasteiger partial charge in [-0.2, -0.15) is 0 Å². The maximum absolute atomic E-state index is 11.1. The number of rotatable bonds is 2. The summed E-state index contributed by atoms with van der Waals surface area (Å²) in [5.41, 5.74) is -1.04. The third-order valence-electron chi connectivity index (χ3n) is 1.78. The second-order valence-corrected chi connectivity index (χ2v) is 2.65. The molecular formula is C9H8O6. The maximum Gasteiger partial charge on any atom is 0.343 e. The van der Waals surface area contributed by atoms with E-state index in [2.05, 4.69) is 4.74 Å². The average Bonchev–Trinajstić information content (AvgIpc) is 2.16. The SMILES string of the molecule is COC(=O)c1ccc(O)c(C(=O)O)c1O.